The van der Waals surface area contributed by atoms with E-state index in [1.54, 1.807) is 4.90 Å². The molecule has 0 spiro atoms. The molecule has 1 fully saturated rings. The summed E-state index contributed by atoms with van der Waals surface area (Å²) in [5, 5.41) is 2.93. The highest BCUT2D eigenvalue weighted by Crippen LogP contribution is 2.27. The summed E-state index contributed by atoms with van der Waals surface area (Å²) in [7, 11) is 0. The van der Waals surface area contributed by atoms with Gasteiger partial charge in [-0.3, -0.25) is 14.9 Å². The Labute approximate surface area is 157 Å². The fourth-order valence-corrected chi connectivity index (χ4v) is 3.56. The summed E-state index contributed by atoms with van der Waals surface area (Å²) in [5.74, 6) is -0.0418. The van der Waals surface area contributed by atoms with E-state index in [0.29, 0.717) is 19.0 Å². The molecule has 1 aliphatic rings. The van der Waals surface area contributed by atoms with Crippen molar-refractivity contribution < 1.29 is 9.59 Å². The lowest BCUT2D eigenvalue weighted by Crippen LogP contribution is -2.28. The molecule has 0 unspecified atom stereocenters. The summed E-state index contributed by atoms with van der Waals surface area (Å²) in [6.07, 6.45) is 0.214. The average Bonchev–Trinajstić information content (AvgIpc) is 3.22. The first-order chi connectivity index (χ1) is 13.1. The van der Waals surface area contributed by atoms with Gasteiger partial charge in [0.05, 0.1) is 17.0 Å². The molecule has 0 aliphatic carbocycles. The Morgan fingerprint density at radius 2 is 1.93 bits per heavy atom. The van der Waals surface area contributed by atoms with Gasteiger partial charge in [-0.25, -0.2) is 4.98 Å². The molecule has 2 amide bonds. The number of fused-ring (bicyclic) bond motifs is 1. The minimum absolute atomic E-state index is 0.0250. The van der Waals surface area contributed by atoms with Crippen LogP contribution in [-0.2, 0) is 16.1 Å². The molecule has 1 atom stereocenters. The molecule has 6 nitrogen and oxygen atoms in total. The van der Waals surface area contributed by atoms with Crippen molar-refractivity contribution in [2.45, 2.75) is 26.8 Å². The van der Waals surface area contributed by atoms with Crippen LogP contribution in [0.2, 0.25) is 0 Å². The fraction of sp³-hybridized carbons (Fsp3) is 0.286. The van der Waals surface area contributed by atoms with E-state index in [-0.39, 0.29) is 24.2 Å². The zero-order valence-corrected chi connectivity index (χ0v) is 15.5. The number of hydrogen-bond acceptors (Lipinski definition) is 3. The zero-order chi connectivity index (χ0) is 19.0. The number of carbonyl (C=O) groups excluding carboxylic acids is 2. The molecule has 1 aromatic heterocycles. The topological polar surface area (TPSA) is 67.2 Å². The molecule has 1 saturated heterocycles. The SMILES string of the molecule is CCn1c(NC(=O)[C@H]2CC(=O)N(c3ccc(C)cc3)C2)nc2ccccc21. The molecule has 2 heterocycles. The Bertz CT molecular complexity index is 1010. The van der Waals surface area contributed by atoms with Gasteiger partial charge < -0.3 is 9.47 Å². The number of para-hydroxylation sites is 2. The molecular formula is C21H22N4O2. The van der Waals surface area contributed by atoms with Gasteiger partial charge in [0.15, 0.2) is 0 Å². The van der Waals surface area contributed by atoms with Crippen molar-refractivity contribution in [2.75, 3.05) is 16.8 Å². The van der Waals surface area contributed by atoms with Crippen LogP contribution < -0.4 is 10.2 Å². The lowest BCUT2D eigenvalue weighted by atomic mass is 10.1. The van der Waals surface area contributed by atoms with Crippen molar-refractivity contribution in [1.29, 1.82) is 0 Å². The molecule has 0 bridgehead atoms. The van der Waals surface area contributed by atoms with E-state index in [4.69, 9.17) is 0 Å². The van der Waals surface area contributed by atoms with Gasteiger partial charge in [0, 0.05) is 25.2 Å². The van der Waals surface area contributed by atoms with Crippen molar-refractivity contribution in [3.63, 3.8) is 0 Å². The minimum Gasteiger partial charge on any atom is -0.312 e. The Balaban J connectivity index is 1.52. The Morgan fingerprint density at radius 3 is 2.67 bits per heavy atom. The van der Waals surface area contributed by atoms with Crippen LogP contribution >= 0.6 is 0 Å². The first-order valence-electron chi connectivity index (χ1n) is 9.20. The molecule has 3 aromatic rings. The van der Waals surface area contributed by atoms with E-state index in [2.05, 4.69) is 10.3 Å². The van der Waals surface area contributed by atoms with Gasteiger partial charge in [-0.05, 0) is 38.1 Å². The average molecular weight is 362 g/mol. The Hall–Kier alpha value is -3.15. The lowest BCUT2D eigenvalue weighted by molar-refractivity contribution is -0.122. The Morgan fingerprint density at radius 1 is 1.19 bits per heavy atom. The van der Waals surface area contributed by atoms with Gasteiger partial charge in [-0.2, -0.15) is 0 Å². The van der Waals surface area contributed by atoms with Crippen LogP contribution in [0.4, 0.5) is 11.6 Å². The van der Waals surface area contributed by atoms with E-state index < -0.39 is 0 Å². The third kappa shape index (κ3) is 3.18. The number of nitrogens with one attached hydrogen (secondary N) is 1. The molecule has 27 heavy (non-hydrogen) atoms. The van der Waals surface area contributed by atoms with Gasteiger partial charge in [-0.15, -0.1) is 0 Å². The lowest BCUT2D eigenvalue weighted by Gasteiger charge is -2.17. The highest BCUT2D eigenvalue weighted by molar-refractivity contribution is 6.03. The number of rotatable bonds is 4. The number of amides is 2. The number of nitrogens with zero attached hydrogens (tertiary/aromatic N) is 3. The van der Waals surface area contributed by atoms with Crippen molar-refractivity contribution in [3.8, 4) is 0 Å². The van der Waals surface area contributed by atoms with Gasteiger partial charge in [0.1, 0.15) is 0 Å². The van der Waals surface area contributed by atoms with E-state index in [9.17, 15) is 9.59 Å². The van der Waals surface area contributed by atoms with Crippen LogP contribution in [-0.4, -0.2) is 27.9 Å². The maximum atomic E-state index is 12.8. The van der Waals surface area contributed by atoms with Crippen LogP contribution in [0.15, 0.2) is 48.5 Å². The van der Waals surface area contributed by atoms with Crippen molar-refractivity contribution in [1.82, 2.24) is 9.55 Å². The van der Waals surface area contributed by atoms with Crippen LogP contribution in [0.3, 0.4) is 0 Å². The zero-order valence-electron chi connectivity index (χ0n) is 15.5. The predicted octanol–water partition coefficient (Wildman–Crippen LogP) is 3.36. The standard InChI is InChI=1S/C21H22N4O2/c1-3-24-18-7-5-4-6-17(18)22-21(24)23-20(27)15-12-19(26)25(13-15)16-10-8-14(2)9-11-16/h4-11,15H,3,12-13H2,1-2H3,(H,22,23,27)/t15-/m0/s1. The maximum Gasteiger partial charge on any atom is 0.232 e. The molecule has 1 aliphatic heterocycles. The van der Waals surface area contributed by atoms with E-state index >= 15 is 0 Å². The van der Waals surface area contributed by atoms with E-state index in [1.165, 1.54) is 0 Å². The van der Waals surface area contributed by atoms with Crippen molar-refractivity contribution in [2.24, 2.45) is 5.92 Å². The summed E-state index contributed by atoms with van der Waals surface area (Å²) in [6.45, 7) is 5.11. The number of anilines is 2. The molecule has 1 N–H and O–H groups in total. The highest BCUT2D eigenvalue weighted by Gasteiger charge is 2.35. The number of imidazole rings is 1. The van der Waals surface area contributed by atoms with Gasteiger partial charge in [-0.1, -0.05) is 29.8 Å². The predicted molar refractivity (Wildman–Crippen MR) is 106 cm³/mol. The van der Waals surface area contributed by atoms with Crippen LogP contribution in [0.5, 0.6) is 0 Å². The molecule has 0 saturated carbocycles. The summed E-state index contributed by atoms with van der Waals surface area (Å²) < 4.78 is 1.97. The second-order valence-electron chi connectivity index (χ2n) is 6.90. The Kier molecular flexibility index (Phi) is 4.39. The quantitative estimate of drug-likeness (QED) is 0.774. The monoisotopic (exact) mass is 362 g/mol. The first kappa shape index (κ1) is 17.3. The third-order valence-corrected chi connectivity index (χ3v) is 5.05. The summed E-state index contributed by atoms with van der Waals surface area (Å²) in [5.41, 5.74) is 3.80. The summed E-state index contributed by atoms with van der Waals surface area (Å²) in [4.78, 5) is 31.4. The van der Waals surface area contributed by atoms with Crippen LogP contribution in [0.1, 0.15) is 18.9 Å². The molecular weight excluding hydrogens is 340 g/mol. The molecule has 6 heteroatoms. The van der Waals surface area contributed by atoms with Gasteiger partial charge >= 0.3 is 0 Å². The maximum absolute atomic E-state index is 12.8. The number of carbonyl (C=O) groups is 2. The number of aromatic nitrogens is 2. The second-order valence-corrected chi connectivity index (χ2v) is 6.90. The fourth-order valence-electron chi connectivity index (χ4n) is 3.56. The molecule has 4 rings (SSSR count). The highest BCUT2D eigenvalue weighted by atomic mass is 16.2. The van der Waals surface area contributed by atoms with E-state index in [1.807, 2.05) is 66.9 Å². The minimum atomic E-state index is -0.385. The second kappa shape index (κ2) is 6.87. The number of aryl methyl sites for hydroxylation is 2. The molecule has 138 valence electrons. The van der Waals surface area contributed by atoms with E-state index in [0.717, 1.165) is 22.3 Å². The van der Waals surface area contributed by atoms with Crippen molar-refractivity contribution >= 4 is 34.5 Å². The van der Waals surface area contributed by atoms with Gasteiger partial charge in [0.25, 0.3) is 0 Å². The largest absolute Gasteiger partial charge is 0.312 e. The van der Waals surface area contributed by atoms with Gasteiger partial charge in [0.2, 0.25) is 17.8 Å². The normalized spacial score (nSPS) is 16.9. The number of benzene rings is 2. The van der Waals surface area contributed by atoms with Crippen LogP contribution in [0.25, 0.3) is 11.0 Å². The summed E-state index contributed by atoms with van der Waals surface area (Å²) in [6, 6.07) is 15.6. The van der Waals surface area contributed by atoms with Crippen LogP contribution in [0, 0.1) is 12.8 Å². The molecule has 0 radical (unpaired) electrons. The number of hydrogen-bond donors (Lipinski definition) is 1. The third-order valence-electron chi connectivity index (χ3n) is 5.05. The van der Waals surface area contributed by atoms with Crippen molar-refractivity contribution in [3.05, 3.63) is 54.1 Å². The molecule has 2 aromatic carbocycles. The first-order valence-corrected chi connectivity index (χ1v) is 9.20. The smallest absolute Gasteiger partial charge is 0.232 e. The summed E-state index contributed by atoms with van der Waals surface area (Å²) >= 11 is 0.